The van der Waals surface area contributed by atoms with E-state index in [-0.39, 0.29) is 0 Å². The Morgan fingerprint density at radius 3 is 1.18 bits per heavy atom. The molecule has 0 aromatic heterocycles. The Bertz CT molecular complexity index is 2420. The van der Waals surface area contributed by atoms with Crippen molar-refractivity contribution in [2.75, 3.05) is 38.2 Å². The third-order valence-electron chi connectivity index (χ3n) is 11.5. The highest BCUT2D eigenvalue weighted by atomic mass is 16.5. The first-order chi connectivity index (χ1) is 30.0. The number of nitrogens with zero attached hydrogens (tertiary/aromatic N) is 2. The summed E-state index contributed by atoms with van der Waals surface area (Å²) in [7, 11) is 6.77. The molecular formula is C55H50N2O4. The molecule has 0 aliphatic heterocycles. The maximum Gasteiger partial charge on any atom is 0.119 e. The van der Waals surface area contributed by atoms with Gasteiger partial charge in [-0.3, -0.25) is 0 Å². The highest BCUT2D eigenvalue weighted by molar-refractivity contribution is 5.92. The summed E-state index contributed by atoms with van der Waals surface area (Å²) in [6.45, 7) is 6.18. The van der Waals surface area contributed by atoms with Gasteiger partial charge in [0, 0.05) is 34.1 Å². The fourth-order valence-electron chi connectivity index (χ4n) is 8.60. The fraction of sp³-hybridized carbons (Fsp3) is 0.127. The molecule has 1 aliphatic rings. The molecule has 304 valence electrons. The minimum absolute atomic E-state index is 0.707. The summed E-state index contributed by atoms with van der Waals surface area (Å²) in [5, 5.41) is 0. The van der Waals surface area contributed by atoms with E-state index in [2.05, 4.69) is 157 Å². The zero-order valence-electron chi connectivity index (χ0n) is 35.3. The molecule has 0 saturated carbocycles. The van der Waals surface area contributed by atoms with Crippen LogP contribution in [0.4, 0.5) is 34.1 Å². The fourth-order valence-corrected chi connectivity index (χ4v) is 8.60. The minimum Gasteiger partial charge on any atom is -0.497 e. The number of methoxy groups -OCH3 is 4. The highest BCUT2D eigenvalue weighted by Gasteiger charge is 2.47. The van der Waals surface area contributed by atoms with Crippen LogP contribution < -0.4 is 28.7 Å². The van der Waals surface area contributed by atoms with Gasteiger partial charge in [-0.25, -0.2) is 0 Å². The monoisotopic (exact) mass is 802 g/mol. The lowest BCUT2D eigenvalue weighted by atomic mass is 9.66. The number of ether oxygens (including phenoxy) is 4. The first-order valence-electron chi connectivity index (χ1n) is 20.4. The first-order valence-corrected chi connectivity index (χ1v) is 20.4. The number of anilines is 6. The summed E-state index contributed by atoms with van der Waals surface area (Å²) in [4.78, 5) is 4.59. The van der Waals surface area contributed by atoms with Crippen LogP contribution in [-0.4, -0.2) is 28.4 Å². The van der Waals surface area contributed by atoms with Gasteiger partial charge in [0.1, 0.15) is 23.0 Å². The Labute approximate surface area is 359 Å². The molecule has 7 aromatic rings. The molecular weight excluding hydrogens is 753 g/mol. The van der Waals surface area contributed by atoms with Crippen LogP contribution in [0, 0.1) is 0 Å². The summed E-state index contributed by atoms with van der Waals surface area (Å²) >= 11 is 0. The van der Waals surface area contributed by atoms with E-state index in [4.69, 9.17) is 18.9 Å². The van der Waals surface area contributed by atoms with Gasteiger partial charge in [0.15, 0.2) is 0 Å². The number of rotatable bonds is 15. The quantitative estimate of drug-likeness (QED) is 0.0760. The minimum atomic E-state index is -0.707. The van der Waals surface area contributed by atoms with Crippen LogP contribution in [0.3, 0.4) is 0 Å². The van der Waals surface area contributed by atoms with Gasteiger partial charge in [-0.05, 0) is 168 Å². The van der Waals surface area contributed by atoms with Crippen molar-refractivity contribution in [3.05, 3.63) is 217 Å². The van der Waals surface area contributed by atoms with Crippen molar-refractivity contribution < 1.29 is 18.9 Å². The van der Waals surface area contributed by atoms with Crippen LogP contribution in [0.25, 0.3) is 11.1 Å². The number of allylic oxidation sites excluding steroid dienone is 5. The number of hydrogen-bond donors (Lipinski definition) is 0. The Kier molecular flexibility index (Phi) is 11.8. The van der Waals surface area contributed by atoms with Gasteiger partial charge in [-0.2, -0.15) is 0 Å². The van der Waals surface area contributed by atoms with Crippen LogP contribution in [-0.2, 0) is 5.41 Å². The van der Waals surface area contributed by atoms with E-state index in [1.54, 1.807) is 28.4 Å². The summed E-state index contributed by atoms with van der Waals surface area (Å²) < 4.78 is 22.3. The molecule has 0 atom stereocenters. The van der Waals surface area contributed by atoms with Gasteiger partial charge in [-0.15, -0.1) is 6.58 Å². The zero-order chi connectivity index (χ0) is 42.3. The van der Waals surface area contributed by atoms with Gasteiger partial charge in [0.2, 0.25) is 0 Å². The first kappa shape index (κ1) is 40.3. The molecule has 8 rings (SSSR count). The van der Waals surface area contributed by atoms with Crippen molar-refractivity contribution in [1.82, 2.24) is 0 Å². The second-order valence-electron chi connectivity index (χ2n) is 14.7. The molecule has 6 heteroatoms. The molecule has 0 fully saturated rings. The Morgan fingerprint density at radius 1 is 0.492 bits per heavy atom. The lowest BCUT2D eigenvalue weighted by Crippen LogP contribution is -2.29. The molecule has 0 saturated heterocycles. The van der Waals surface area contributed by atoms with Gasteiger partial charge in [0.05, 0.1) is 33.9 Å². The molecule has 0 spiro atoms. The van der Waals surface area contributed by atoms with E-state index in [1.807, 2.05) is 54.6 Å². The second-order valence-corrected chi connectivity index (χ2v) is 14.7. The molecule has 1 aliphatic carbocycles. The Morgan fingerprint density at radius 2 is 0.852 bits per heavy atom. The number of hydrogen-bond acceptors (Lipinski definition) is 6. The van der Waals surface area contributed by atoms with Gasteiger partial charge >= 0.3 is 0 Å². The van der Waals surface area contributed by atoms with Crippen LogP contribution in [0.1, 0.15) is 30.0 Å². The van der Waals surface area contributed by atoms with Crippen LogP contribution in [0.5, 0.6) is 23.0 Å². The molecule has 0 N–H and O–H groups in total. The number of benzene rings is 7. The molecule has 61 heavy (non-hydrogen) atoms. The molecule has 0 heterocycles. The average Bonchev–Trinajstić information content (AvgIpc) is 3.61. The largest absolute Gasteiger partial charge is 0.497 e. The maximum absolute atomic E-state index is 5.58. The third-order valence-corrected chi connectivity index (χ3v) is 11.5. The topological polar surface area (TPSA) is 43.4 Å². The highest BCUT2D eigenvalue weighted by Crippen LogP contribution is 2.59. The summed E-state index contributed by atoms with van der Waals surface area (Å²) in [6, 6.07) is 57.6. The van der Waals surface area contributed by atoms with Crippen LogP contribution >= 0.6 is 0 Å². The van der Waals surface area contributed by atoms with Crippen molar-refractivity contribution in [3.8, 4) is 34.1 Å². The lowest BCUT2D eigenvalue weighted by molar-refractivity contribution is 0.414. The third kappa shape index (κ3) is 7.53. The van der Waals surface area contributed by atoms with Gasteiger partial charge in [0.25, 0.3) is 0 Å². The van der Waals surface area contributed by atoms with Gasteiger partial charge < -0.3 is 28.7 Å². The van der Waals surface area contributed by atoms with E-state index in [1.165, 1.54) is 27.8 Å². The molecule has 6 nitrogen and oxygen atoms in total. The zero-order valence-corrected chi connectivity index (χ0v) is 35.3. The summed E-state index contributed by atoms with van der Waals surface area (Å²) in [5.74, 6) is 3.18. The summed E-state index contributed by atoms with van der Waals surface area (Å²) in [6.07, 6.45) is 9.44. The summed E-state index contributed by atoms with van der Waals surface area (Å²) in [5.41, 5.74) is 12.4. The van der Waals surface area contributed by atoms with E-state index >= 15 is 0 Å². The van der Waals surface area contributed by atoms with Crippen molar-refractivity contribution in [1.29, 1.82) is 0 Å². The van der Waals surface area contributed by atoms with Gasteiger partial charge in [-0.1, -0.05) is 66.8 Å². The van der Waals surface area contributed by atoms with Crippen molar-refractivity contribution in [2.45, 2.75) is 18.8 Å². The average molecular weight is 803 g/mol. The molecule has 0 bridgehead atoms. The van der Waals surface area contributed by atoms with E-state index in [9.17, 15) is 0 Å². The second kappa shape index (κ2) is 17.8. The van der Waals surface area contributed by atoms with Crippen molar-refractivity contribution in [2.24, 2.45) is 0 Å². The molecule has 7 aromatic carbocycles. The SMILES string of the molecule is C=CC/C=C\C(=C/C)C1(c2ccccc2)c2cc(N(c3ccc(OC)cc3)c3ccc(OC)cc3)ccc2-c2ccc(N(c3ccc(OC)cc3)c3ccc(OC)cc3)cc21. The lowest BCUT2D eigenvalue weighted by Gasteiger charge is -2.36. The van der Waals surface area contributed by atoms with E-state index < -0.39 is 5.41 Å². The standard InChI is InChI=1S/C55H50N2O4/c1-7-9-11-14-39(8-2)55(40-15-12-10-13-16-40)53-37-45(56(41-17-27-47(58-3)28-18-41)42-19-29-48(59-4)30-20-42)25-35-51(53)52-36-26-46(38-54(52)55)57(43-21-31-49(60-5)32-22-43)44-23-33-50(61-6)34-24-44/h7-8,10-38H,1,9H2,2-6H3/b14-11-,39-8+. The van der Waals surface area contributed by atoms with Crippen LogP contribution in [0.2, 0.25) is 0 Å². The van der Waals surface area contributed by atoms with E-state index in [0.29, 0.717) is 0 Å². The smallest absolute Gasteiger partial charge is 0.119 e. The number of fused-ring (bicyclic) bond motifs is 3. The molecule has 0 amide bonds. The Hall–Kier alpha value is -7.44. The maximum atomic E-state index is 5.58. The molecule has 0 radical (unpaired) electrons. The Balaban J connectivity index is 1.41. The van der Waals surface area contributed by atoms with Crippen molar-refractivity contribution >= 4 is 34.1 Å². The molecule has 0 unspecified atom stereocenters. The van der Waals surface area contributed by atoms with E-state index in [0.717, 1.165) is 69.1 Å². The normalized spacial score (nSPS) is 12.6. The van der Waals surface area contributed by atoms with Crippen molar-refractivity contribution in [3.63, 3.8) is 0 Å². The predicted octanol–water partition coefficient (Wildman–Crippen LogP) is 14.1. The predicted molar refractivity (Wildman–Crippen MR) is 251 cm³/mol. The van der Waals surface area contributed by atoms with Crippen LogP contribution in [0.15, 0.2) is 200 Å².